The highest BCUT2D eigenvalue weighted by molar-refractivity contribution is 7.71. The van der Waals surface area contributed by atoms with Crippen LogP contribution in [0, 0.1) is 10.7 Å². The van der Waals surface area contributed by atoms with E-state index in [9.17, 15) is 9.59 Å². The Morgan fingerprint density at radius 1 is 1.36 bits per heavy atom. The van der Waals surface area contributed by atoms with Gasteiger partial charge in [-0.15, -0.1) is 0 Å². The maximum absolute atomic E-state index is 12.8. The fourth-order valence-corrected chi connectivity index (χ4v) is 3.89. The summed E-state index contributed by atoms with van der Waals surface area (Å²) >= 11 is 17.1. The van der Waals surface area contributed by atoms with Crippen LogP contribution in [0.3, 0.4) is 0 Å². The van der Waals surface area contributed by atoms with Gasteiger partial charge >= 0.3 is 0 Å². The molecule has 3 rings (SSSR count). The average molecular weight is 442 g/mol. The Morgan fingerprint density at radius 2 is 2.14 bits per heavy atom. The lowest BCUT2D eigenvalue weighted by molar-refractivity contribution is -0.126. The van der Waals surface area contributed by atoms with Gasteiger partial charge in [-0.25, -0.2) is 0 Å². The number of rotatable bonds is 5. The first-order valence-corrected chi connectivity index (χ1v) is 10.2. The molecule has 7 nitrogen and oxygen atoms in total. The fraction of sp³-hybridized carbons (Fsp3) is 0.444. The molecular weight excluding hydrogens is 421 g/mol. The molecule has 0 bridgehead atoms. The van der Waals surface area contributed by atoms with Crippen LogP contribution in [0.2, 0.25) is 10.0 Å². The van der Waals surface area contributed by atoms with Crippen molar-refractivity contribution < 1.29 is 9.59 Å². The first-order chi connectivity index (χ1) is 13.4. The van der Waals surface area contributed by atoms with Gasteiger partial charge in [0.1, 0.15) is 0 Å². The highest BCUT2D eigenvalue weighted by Crippen LogP contribution is 2.25. The molecule has 1 aliphatic heterocycles. The van der Waals surface area contributed by atoms with E-state index in [0.717, 1.165) is 12.8 Å². The van der Waals surface area contributed by atoms with E-state index < -0.39 is 0 Å². The van der Waals surface area contributed by atoms with Crippen LogP contribution >= 0.6 is 35.4 Å². The monoisotopic (exact) mass is 441 g/mol. The molecule has 2 heterocycles. The van der Waals surface area contributed by atoms with Crippen LogP contribution in [-0.4, -0.2) is 44.6 Å². The Balaban J connectivity index is 1.62. The lowest BCUT2D eigenvalue weighted by Gasteiger charge is -2.32. The lowest BCUT2D eigenvalue weighted by Crippen LogP contribution is -2.45. The van der Waals surface area contributed by atoms with Crippen LogP contribution in [-0.2, 0) is 17.9 Å². The van der Waals surface area contributed by atoms with Crippen LogP contribution in [0.1, 0.15) is 35.9 Å². The highest BCUT2D eigenvalue weighted by Gasteiger charge is 2.29. The number of piperidine rings is 1. The van der Waals surface area contributed by atoms with E-state index in [1.807, 2.05) is 11.5 Å². The normalized spacial score (nSPS) is 16.8. The Hall–Kier alpha value is -1.90. The lowest BCUT2D eigenvalue weighted by atomic mass is 9.96. The molecule has 0 spiro atoms. The second kappa shape index (κ2) is 9.07. The van der Waals surface area contributed by atoms with Gasteiger partial charge in [-0.05, 0) is 50.2 Å². The predicted octanol–water partition coefficient (Wildman–Crippen LogP) is 3.44. The number of H-pyrrole nitrogens is 1. The van der Waals surface area contributed by atoms with E-state index in [2.05, 4.69) is 15.5 Å². The van der Waals surface area contributed by atoms with E-state index >= 15 is 0 Å². The van der Waals surface area contributed by atoms with E-state index in [4.69, 9.17) is 35.4 Å². The van der Waals surface area contributed by atoms with Crippen molar-refractivity contribution in [2.45, 2.75) is 32.9 Å². The quantitative estimate of drug-likeness (QED) is 0.696. The first-order valence-electron chi connectivity index (χ1n) is 9.06. The minimum absolute atomic E-state index is 0.0943. The second-order valence-corrected chi connectivity index (χ2v) is 7.83. The molecule has 28 heavy (non-hydrogen) atoms. The van der Waals surface area contributed by atoms with Crippen molar-refractivity contribution in [2.24, 2.45) is 5.92 Å². The summed E-state index contributed by atoms with van der Waals surface area (Å²) in [6.07, 6.45) is 1.50. The summed E-state index contributed by atoms with van der Waals surface area (Å²) < 4.78 is 2.36. The number of aromatic amines is 1. The van der Waals surface area contributed by atoms with Crippen molar-refractivity contribution >= 4 is 47.2 Å². The Morgan fingerprint density at radius 3 is 2.86 bits per heavy atom. The zero-order chi connectivity index (χ0) is 20.3. The molecule has 1 unspecified atom stereocenters. The first kappa shape index (κ1) is 20.8. The minimum Gasteiger partial charge on any atom is -0.348 e. The zero-order valence-corrected chi connectivity index (χ0v) is 17.7. The highest BCUT2D eigenvalue weighted by atomic mass is 35.5. The largest absolute Gasteiger partial charge is 0.348 e. The standard InChI is InChI=1S/C18H21Cl2N5O2S/c1-2-25-15(22-23-18(25)28)9-21-16(26)12-4-3-7-24(10-12)17(27)11-5-6-13(19)14(20)8-11/h5-6,8,12H,2-4,7,9-10H2,1H3,(H,21,26)(H,23,28). The number of hydrogen-bond donors (Lipinski definition) is 2. The van der Waals surface area contributed by atoms with Gasteiger partial charge in [-0.2, -0.15) is 5.10 Å². The van der Waals surface area contributed by atoms with Crippen LogP contribution in [0.5, 0.6) is 0 Å². The number of amides is 2. The van der Waals surface area contributed by atoms with Crippen LogP contribution < -0.4 is 5.32 Å². The second-order valence-electron chi connectivity index (χ2n) is 6.63. The van der Waals surface area contributed by atoms with Crippen molar-refractivity contribution in [3.8, 4) is 0 Å². The molecule has 0 aliphatic carbocycles. The van der Waals surface area contributed by atoms with E-state index in [0.29, 0.717) is 45.8 Å². The third-order valence-electron chi connectivity index (χ3n) is 4.82. The topological polar surface area (TPSA) is 83.0 Å². The molecule has 2 N–H and O–H groups in total. The average Bonchev–Trinajstić information content (AvgIpc) is 3.07. The maximum atomic E-state index is 12.8. The summed E-state index contributed by atoms with van der Waals surface area (Å²) in [5.41, 5.74) is 0.467. The predicted molar refractivity (Wildman–Crippen MR) is 110 cm³/mol. The molecule has 0 saturated carbocycles. The van der Waals surface area contributed by atoms with Crippen LogP contribution in [0.25, 0.3) is 0 Å². The number of hydrogen-bond acceptors (Lipinski definition) is 4. The molecule has 1 atom stereocenters. The molecular formula is C18H21Cl2N5O2S. The number of nitrogens with one attached hydrogen (secondary N) is 2. The number of nitrogens with zero attached hydrogens (tertiary/aromatic N) is 3. The van der Waals surface area contributed by atoms with Crippen molar-refractivity contribution in [3.05, 3.63) is 44.4 Å². The fourth-order valence-electron chi connectivity index (χ4n) is 3.31. The molecule has 1 fully saturated rings. The van der Waals surface area contributed by atoms with Gasteiger partial charge in [0.05, 0.1) is 22.5 Å². The summed E-state index contributed by atoms with van der Waals surface area (Å²) in [6, 6.07) is 4.81. The van der Waals surface area contributed by atoms with Gasteiger partial charge in [0.25, 0.3) is 5.91 Å². The number of aromatic nitrogens is 3. The van der Waals surface area contributed by atoms with Crippen molar-refractivity contribution in [2.75, 3.05) is 13.1 Å². The van der Waals surface area contributed by atoms with E-state index in [1.165, 1.54) is 0 Å². The maximum Gasteiger partial charge on any atom is 0.253 e. The summed E-state index contributed by atoms with van der Waals surface area (Å²) in [4.78, 5) is 27.1. The van der Waals surface area contributed by atoms with Crippen LogP contribution in [0.15, 0.2) is 18.2 Å². The molecule has 2 amide bonds. The summed E-state index contributed by atoms with van der Waals surface area (Å²) in [7, 11) is 0. The third-order valence-corrected chi connectivity index (χ3v) is 5.87. The number of carbonyl (C=O) groups excluding carboxylic acids is 2. The molecule has 1 aliphatic rings. The Bertz CT molecular complexity index is 942. The van der Waals surface area contributed by atoms with Crippen molar-refractivity contribution in [1.29, 1.82) is 0 Å². The number of likely N-dealkylation sites (tertiary alicyclic amines) is 1. The molecule has 10 heteroatoms. The Kier molecular flexibility index (Phi) is 6.74. The smallest absolute Gasteiger partial charge is 0.253 e. The molecule has 1 aromatic carbocycles. The van der Waals surface area contributed by atoms with E-state index in [-0.39, 0.29) is 24.3 Å². The van der Waals surface area contributed by atoms with Gasteiger partial charge in [0.15, 0.2) is 10.6 Å². The van der Waals surface area contributed by atoms with Crippen LogP contribution in [0.4, 0.5) is 0 Å². The van der Waals surface area contributed by atoms with Crippen molar-refractivity contribution in [1.82, 2.24) is 25.0 Å². The zero-order valence-electron chi connectivity index (χ0n) is 15.4. The summed E-state index contributed by atoms with van der Waals surface area (Å²) in [6.45, 7) is 3.90. The SMILES string of the molecule is CCn1c(CNC(=O)C2CCCN(C(=O)c3ccc(Cl)c(Cl)c3)C2)n[nH]c1=S. The molecule has 150 valence electrons. The van der Waals surface area contributed by atoms with Gasteiger partial charge in [0.2, 0.25) is 5.91 Å². The van der Waals surface area contributed by atoms with Gasteiger partial charge < -0.3 is 14.8 Å². The summed E-state index contributed by atoms with van der Waals surface area (Å²) in [5, 5.41) is 10.5. The number of halogens is 2. The van der Waals surface area contributed by atoms with Crippen molar-refractivity contribution in [3.63, 3.8) is 0 Å². The minimum atomic E-state index is -0.266. The Labute approximate surface area is 178 Å². The van der Waals surface area contributed by atoms with Gasteiger partial charge in [0, 0.05) is 25.2 Å². The van der Waals surface area contributed by atoms with Gasteiger partial charge in [-0.3, -0.25) is 14.7 Å². The molecule has 0 radical (unpaired) electrons. The number of carbonyl (C=O) groups is 2. The molecule has 1 saturated heterocycles. The van der Waals surface area contributed by atoms with E-state index in [1.54, 1.807) is 23.1 Å². The third kappa shape index (κ3) is 4.56. The molecule has 2 aromatic rings. The summed E-state index contributed by atoms with van der Waals surface area (Å²) in [5.74, 6) is 0.170. The van der Waals surface area contributed by atoms with Gasteiger partial charge in [-0.1, -0.05) is 23.2 Å². The molecule has 1 aromatic heterocycles. The number of benzene rings is 1.